The third-order valence-electron chi connectivity index (χ3n) is 5.38. The number of rotatable bonds is 8. The van der Waals surface area contributed by atoms with Crippen LogP contribution in [-0.4, -0.2) is 35.4 Å². The van der Waals surface area contributed by atoms with Crippen LogP contribution in [0.25, 0.3) is 0 Å². The third-order valence-corrected chi connectivity index (χ3v) is 5.91. The van der Waals surface area contributed by atoms with Crippen LogP contribution in [0.3, 0.4) is 0 Å². The van der Waals surface area contributed by atoms with Crippen molar-refractivity contribution < 1.29 is 18.7 Å². The topological polar surface area (TPSA) is 58.6 Å². The highest BCUT2D eigenvalue weighted by atomic mass is 35.5. The van der Waals surface area contributed by atoms with Crippen LogP contribution in [0.4, 0.5) is 4.39 Å². The predicted octanol–water partition coefficient (Wildman–Crippen LogP) is 4.99. The molecule has 2 amide bonds. The lowest BCUT2D eigenvalue weighted by molar-refractivity contribution is -0.142. The molecule has 1 aliphatic carbocycles. The van der Waals surface area contributed by atoms with Crippen LogP contribution in [0.1, 0.15) is 38.2 Å². The number of hydrogen-bond donors (Lipinski definition) is 1. The number of nitrogens with one attached hydrogen (secondary N) is 1. The Morgan fingerprint density at radius 1 is 1.16 bits per heavy atom. The second-order valence-corrected chi connectivity index (χ2v) is 8.52. The van der Waals surface area contributed by atoms with Gasteiger partial charge < -0.3 is 15.0 Å². The van der Waals surface area contributed by atoms with E-state index in [1.165, 1.54) is 23.1 Å². The van der Waals surface area contributed by atoms with Crippen LogP contribution < -0.4 is 10.1 Å². The number of halogens is 3. The maximum atomic E-state index is 13.3. The van der Waals surface area contributed by atoms with E-state index in [2.05, 4.69) is 5.32 Å². The Kier molecular flexibility index (Phi) is 8.15. The molecule has 0 saturated heterocycles. The van der Waals surface area contributed by atoms with Crippen molar-refractivity contribution in [3.63, 3.8) is 0 Å². The summed E-state index contributed by atoms with van der Waals surface area (Å²) >= 11 is 12.0. The molecule has 1 atom stereocenters. The maximum Gasteiger partial charge on any atom is 0.261 e. The van der Waals surface area contributed by atoms with Gasteiger partial charge in [0.1, 0.15) is 17.6 Å². The monoisotopic (exact) mass is 466 g/mol. The van der Waals surface area contributed by atoms with Gasteiger partial charge in [-0.2, -0.15) is 0 Å². The number of nitrogens with zero attached hydrogens (tertiary/aromatic N) is 1. The predicted molar refractivity (Wildman–Crippen MR) is 119 cm³/mol. The third kappa shape index (κ3) is 6.58. The van der Waals surface area contributed by atoms with E-state index < -0.39 is 6.04 Å². The van der Waals surface area contributed by atoms with Crippen LogP contribution in [0, 0.1) is 5.82 Å². The van der Waals surface area contributed by atoms with Crippen molar-refractivity contribution in [1.29, 1.82) is 0 Å². The molecule has 3 rings (SSSR count). The highest BCUT2D eigenvalue weighted by Crippen LogP contribution is 2.27. The first-order valence-electron chi connectivity index (χ1n) is 10.3. The Morgan fingerprint density at radius 3 is 2.48 bits per heavy atom. The lowest BCUT2D eigenvalue weighted by atomic mass is 10.1. The van der Waals surface area contributed by atoms with Gasteiger partial charge in [0.2, 0.25) is 5.91 Å². The van der Waals surface area contributed by atoms with E-state index >= 15 is 0 Å². The smallest absolute Gasteiger partial charge is 0.261 e. The lowest BCUT2D eigenvalue weighted by Gasteiger charge is -2.29. The minimum absolute atomic E-state index is 0.141. The highest BCUT2D eigenvalue weighted by Gasteiger charge is 2.28. The van der Waals surface area contributed by atoms with Gasteiger partial charge >= 0.3 is 0 Å². The summed E-state index contributed by atoms with van der Waals surface area (Å²) in [4.78, 5) is 27.3. The molecule has 1 aliphatic rings. The van der Waals surface area contributed by atoms with E-state index in [1.807, 2.05) is 0 Å². The summed E-state index contributed by atoms with van der Waals surface area (Å²) in [7, 11) is 0. The molecule has 0 heterocycles. The lowest BCUT2D eigenvalue weighted by Crippen LogP contribution is -2.50. The van der Waals surface area contributed by atoms with Gasteiger partial charge in [0, 0.05) is 17.6 Å². The average Bonchev–Trinajstić information content (AvgIpc) is 3.25. The molecule has 0 aliphatic heterocycles. The largest absolute Gasteiger partial charge is 0.482 e. The Hall–Kier alpha value is -2.31. The SMILES string of the molecule is C[C@H](C(=O)NC1CCCC1)N(Cc1ccc(F)cc1)C(=O)COc1ccc(Cl)cc1Cl. The zero-order valence-corrected chi connectivity index (χ0v) is 18.8. The van der Waals surface area contributed by atoms with Crippen molar-refractivity contribution in [3.8, 4) is 5.75 Å². The summed E-state index contributed by atoms with van der Waals surface area (Å²) in [6.45, 7) is 1.53. The number of benzene rings is 2. The quantitative estimate of drug-likeness (QED) is 0.596. The van der Waals surface area contributed by atoms with Gasteiger partial charge in [-0.05, 0) is 55.7 Å². The van der Waals surface area contributed by atoms with E-state index in [1.54, 1.807) is 31.2 Å². The second kappa shape index (κ2) is 10.8. The summed E-state index contributed by atoms with van der Waals surface area (Å²) in [5, 5.41) is 3.78. The molecule has 1 fully saturated rings. The maximum absolute atomic E-state index is 13.3. The van der Waals surface area contributed by atoms with Crippen molar-refractivity contribution in [2.75, 3.05) is 6.61 Å². The summed E-state index contributed by atoms with van der Waals surface area (Å²) < 4.78 is 18.9. The highest BCUT2D eigenvalue weighted by molar-refractivity contribution is 6.35. The zero-order chi connectivity index (χ0) is 22.4. The fourth-order valence-electron chi connectivity index (χ4n) is 3.58. The van der Waals surface area contributed by atoms with Crippen LogP contribution in [-0.2, 0) is 16.1 Å². The van der Waals surface area contributed by atoms with Crippen molar-refractivity contribution in [1.82, 2.24) is 10.2 Å². The van der Waals surface area contributed by atoms with Gasteiger partial charge in [0.25, 0.3) is 5.91 Å². The second-order valence-electron chi connectivity index (χ2n) is 7.68. The van der Waals surface area contributed by atoms with Crippen LogP contribution in [0.5, 0.6) is 5.75 Å². The van der Waals surface area contributed by atoms with Gasteiger partial charge in [-0.25, -0.2) is 4.39 Å². The van der Waals surface area contributed by atoms with Gasteiger partial charge in [-0.15, -0.1) is 0 Å². The molecule has 8 heteroatoms. The number of amides is 2. The van der Waals surface area contributed by atoms with Crippen molar-refractivity contribution >= 4 is 35.0 Å². The van der Waals surface area contributed by atoms with Crippen LogP contribution in [0.15, 0.2) is 42.5 Å². The molecule has 166 valence electrons. The summed E-state index contributed by atoms with van der Waals surface area (Å²) in [6.07, 6.45) is 4.07. The number of ether oxygens (including phenoxy) is 1. The van der Waals surface area contributed by atoms with Gasteiger partial charge in [0.15, 0.2) is 6.61 Å². The van der Waals surface area contributed by atoms with E-state index in [0.29, 0.717) is 16.3 Å². The molecule has 2 aromatic carbocycles. The number of carbonyl (C=O) groups is 2. The molecule has 0 unspecified atom stereocenters. The van der Waals surface area contributed by atoms with E-state index in [0.717, 1.165) is 25.7 Å². The van der Waals surface area contributed by atoms with Crippen LogP contribution >= 0.6 is 23.2 Å². The standard InChI is InChI=1S/C23H25Cl2FN2O3/c1-15(23(30)27-19-4-2-3-5-19)28(13-16-6-9-18(26)10-7-16)22(29)14-31-21-11-8-17(24)12-20(21)25/h6-12,15,19H,2-5,13-14H2,1H3,(H,27,30)/t15-/m1/s1. The zero-order valence-electron chi connectivity index (χ0n) is 17.2. The minimum atomic E-state index is -0.720. The average molecular weight is 467 g/mol. The molecule has 0 radical (unpaired) electrons. The normalized spacial score (nSPS) is 14.8. The van der Waals surface area contributed by atoms with Crippen molar-refractivity contribution in [3.05, 3.63) is 63.9 Å². The molecule has 0 spiro atoms. The Labute approximate surface area is 191 Å². The van der Waals surface area contributed by atoms with E-state index in [4.69, 9.17) is 27.9 Å². The first-order chi connectivity index (χ1) is 14.8. The molecule has 31 heavy (non-hydrogen) atoms. The molecule has 0 bridgehead atoms. The number of hydrogen-bond acceptors (Lipinski definition) is 3. The Bertz CT molecular complexity index is 918. The number of carbonyl (C=O) groups excluding carboxylic acids is 2. The van der Waals surface area contributed by atoms with Gasteiger partial charge in [-0.3, -0.25) is 9.59 Å². The fourth-order valence-corrected chi connectivity index (χ4v) is 4.04. The molecule has 0 aromatic heterocycles. The molecule has 2 aromatic rings. The Morgan fingerprint density at radius 2 is 1.84 bits per heavy atom. The fraction of sp³-hybridized carbons (Fsp3) is 0.391. The molecule has 1 saturated carbocycles. The summed E-state index contributed by atoms with van der Waals surface area (Å²) in [6, 6.07) is 9.97. The first kappa shape index (κ1) is 23.4. The van der Waals surface area contributed by atoms with E-state index in [9.17, 15) is 14.0 Å². The minimum Gasteiger partial charge on any atom is -0.482 e. The van der Waals surface area contributed by atoms with Gasteiger partial charge in [-0.1, -0.05) is 48.2 Å². The molecular formula is C23H25Cl2FN2O3. The molecule has 5 nitrogen and oxygen atoms in total. The molecule has 1 N–H and O–H groups in total. The van der Waals surface area contributed by atoms with Gasteiger partial charge in [0.05, 0.1) is 5.02 Å². The summed E-state index contributed by atoms with van der Waals surface area (Å²) in [5.74, 6) is -0.644. The Balaban J connectivity index is 1.72. The van der Waals surface area contributed by atoms with Crippen LogP contribution in [0.2, 0.25) is 10.0 Å². The van der Waals surface area contributed by atoms with E-state index in [-0.39, 0.29) is 41.8 Å². The first-order valence-corrected chi connectivity index (χ1v) is 11.0. The summed E-state index contributed by atoms with van der Waals surface area (Å²) in [5.41, 5.74) is 0.708. The molecular weight excluding hydrogens is 442 g/mol. The van der Waals surface area contributed by atoms with Crippen molar-refractivity contribution in [2.45, 2.75) is 51.2 Å². The van der Waals surface area contributed by atoms with Crippen molar-refractivity contribution in [2.24, 2.45) is 0 Å².